The first-order valence-electron chi connectivity index (χ1n) is 6.79. The van der Waals surface area contributed by atoms with Crippen LogP contribution in [0, 0.1) is 17.2 Å². The topological polar surface area (TPSA) is 87.2 Å². The van der Waals surface area contributed by atoms with Crippen LogP contribution in [0.15, 0.2) is 23.1 Å². The Morgan fingerprint density at radius 1 is 1.48 bits per heavy atom. The third kappa shape index (κ3) is 3.06. The van der Waals surface area contributed by atoms with Gasteiger partial charge in [-0.3, -0.25) is 0 Å². The Labute approximate surface area is 130 Å². The predicted octanol–water partition coefficient (Wildman–Crippen LogP) is 1.96. The Bertz CT molecular complexity index is 669. The van der Waals surface area contributed by atoms with Gasteiger partial charge in [-0.05, 0) is 43.5 Å². The van der Waals surface area contributed by atoms with E-state index in [0.717, 1.165) is 19.3 Å². The van der Waals surface area contributed by atoms with Gasteiger partial charge in [-0.15, -0.1) is 0 Å². The van der Waals surface area contributed by atoms with E-state index >= 15 is 0 Å². The lowest BCUT2D eigenvalue weighted by molar-refractivity contribution is 0.304. The maximum Gasteiger partial charge on any atom is 0.243 e. The van der Waals surface area contributed by atoms with Crippen molar-refractivity contribution in [1.82, 2.24) is 4.31 Å². The van der Waals surface area contributed by atoms with Crippen molar-refractivity contribution in [3.8, 4) is 6.07 Å². The van der Waals surface area contributed by atoms with Gasteiger partial charge in [-0.2, -0.15) is 9.57 Å². The van der Waals surface area contributed by atoms with E-state index in [0.29, 0.717) is 6.54 Å². The molecule has 1 aromatic carbocycles. The minimum absolute atomic E-state index is 0.0746. The fourth-order valence-electron chi connectivity index (χ4n) is 2.86. The van der Waals surface area contributed by atoms with Gasteiger partial charge in [0.15, 0.2) is 0 Å². The second kappa shape index (κ2) is 6.32. The Kier molecular flexibility index (Phi) is 4.89. The third-order valence-corrected chi connectivity index (χ3v) is 6.32. The van der Waals surface area contributed by atoms with Crippen LogP contribution in [0.3, 0.4) is 0 Å². The molecule has 7 heteroatoms. The molecule has 2 rings (SSSR count). The van der Waals surface area contributed by atoms with E-state index < -0.39 is 10.0 Å². The Morgan fingerprint density at radius 3 is 2.76 bits per heavy atom. The van der Waals surface area contributed by atoms with E-state index in [2.05, 4.69) is 0 Å². The van der Waals surface area contributed by atoms with Gasteiger partial charge >= 0.3 is 0 Å². The number of benzene rings is 1. The lowest BCUT2D eigenvalue weighted by Crippen LogP contribution is -2.41. The Morgan fingerprint density at radius 2 is 2.19 bits per heavy atom. The van der Waals surface area contributed by atoms with Crippen LogP contribution in [0.4, 0.5) is 0 Å². The first-order chi connectivity index (χ1) is 9.91. The molecular weight excluding hydrogens is 310 g/mol. The highest BCUT2D eigenvalue weighted by Crippen LogP contribution is 2.32. The minimum atomic E-state index is -3.63. The zero-order valence-electron chi connectivity index (χ0n) is 11.8. The van der Waals surface area contributed by atoms with E-state index in [1.165, 1.54) is 22.5 Å². The molecule has 0 saturated heterocycles. The summed E-state index contributed by atoms with van der Waals surface area (Å²) in [5.74, 6) is 0.193. The van der Waals surface area contributed by atoms with Crippen molar-refractivity contribution in [1.29, 1.82) is 5.26 Å². The van der Waals surface area contributed by atoms with Crippen molar-refractivity contribution in [2.24, 2.45) is 11.7 Å². The molecule has 0 amide bonds. The molecule has 1 aliphatic carbocycles. The van der Waals surface area contributed by atoms with Crippen LogP contribution in [0.1, 0.15) is 24.8 Å². The number of hydrogen-bond donors (Lipinski definition) is 1. The molecule has 21 heavy (non-hydrogen) atoms. The zero-order valence-corrected chi connectivity index (χ0v) is 13.4. The number of nitrogens with two attached hydrogens (primary N) is 1. The van der Waals surface area contributed by atoms with Gasteiger partial charge in [0.2, 0.25) is 10.0 Å². The van der Waals surface area contributed by atoms with Gasteiger partial charge in [-0.1, -0.05) is 18.0 Å². The fraction of sp³-hybridized carbons (Fsp3) is 0.500. The molecule has 0 heterocycles. The molecule has 1 fully saturated rings. The summed E-state index contributed by atoms with van der Waals surface area (Å²) in [7, 11) is -2.05. The van der Waals surface area contributed by atoms with Crippen molar-refractivity contribution in [2.45, 2.75) is 30.2 Å². The zero-order chi connectivity index (χ0) is 15.6. The summed E-state index contributed by atoms with van der Waals surface area (Å²) in [4.78, 5) is 0.108. The first-order valence-corrected chi connectivity index (χ1v) is 8.61. The molecule has 0 aliphatic heterocycles. The van der Waals surface area contributed by atoms with E-state index in [-0.39, 0.29) is 27.4 Å². The molecule has 0 radical (unpaired) electrons. The van der Waals surface area contributed by atoms with E-state index in [9.17, 15) is 8.42 Å². The van der Waals surface area contributed by atoms with E-state index in [4.69, 9.17) is 22.6 Å². The molecule has 1 aliphatic rings. The summed E-state index contributed by atoms with van der Waals surface area (Å²) in [6.07, 6.45) is 2.76. The van der Waals surface area contributed by atoms with Crippen molar-refractivity contribution >= 4 is 21.6 Å². The largest absolute Gasteiger partial charge is 0.330 e. The molecule has 114 valence electrons. The number of hydrogen-bond acceptors (Lipinski definition) is 4. The molecule has 2 unspecified atom stereocenters. The third-order valence-electron chi connectivity index (χ3n) is 4.13. The summed E-state index contributed by atoms with van der Waals surface area (Å²) >= 11 is 5.93. The maximum absolute atomic E-state index is 12.7. The first kappa shape index (κ1) is 16.2. The summed E-state index contributed by atoms with van der Waals surface area (Å²) < 4.78 is 26.8. The molecule has 2 atom stereocenters. The number of rotatable bonds is 4. The van der Waals surface area contributed by atoms with E-state index in [1.807, 2.05) is 6.07 Å². The molecule has 5 nitrogen and oxygen atoms in total. The van der Waals surface area contributed by atoms with Crippen molar-refractivity contribution < 1.29 is 8.42 Å². The summed E-state index contributed by atoms with van der Waals surface area (Å²) in [6.45, 7) is 0.485. The van der Waals surface area contributed by atoms with Crippen molar-refractivity contribution in [3.05, 3.63) is 28.8 Å². The average molecular weight is 328 g/mol. The van der Waals surface area contributed by atoms with E-state index in [1.54, 1.807) is 7.05 Å². The average Bonchev–Trinajstić information content (AvgIpc) is 2.94. The maximum atomic E-state index is 12.7. The predicted molar refractivity (Wildman–Crippen MR) is 81.3 cm³/mol. The lowest BCUT2D eigenvalue weighted by atomic mass is 10.0. The number of halogens is 1. The Hall–Kier alpha value is -1.13. The van der Waals surface area contributed by atoms with Crippen LogP contribution >= 0.6 is 11.6 Å². The number of nitriles is 1. The standard InChI is InChI=1S/C14H18ClN3O2S/c1-18(14-4-2-3-11(14)9-17)21(19,20)12-6-5-10(8-16)13(15)7-12/h5-7,11,14H,2-4,9,17H2,1H3. The van der Waals surface area contributed by atoms with Gasteiger partial charge in [0.05, 0.1) is 15.5 Å². The Balaban J connectivity index is 2.33. The molecule has 1 aromatic rings. The highest BCUT2D eigenvalue weighted by Gasteiger charge is 2.36. The lowest BCUT2D eigenvalue weighted by Gasteiger charge is -2.28. The molecule has 2 N–H and O–H groups in total. The molecule has 1 saturated carbocycles. The van der Waals surface area contributed by atoms with Gasteiger partial charge in [0.1, 0.15) is 6.07 Å². The monoisotopic (exact) mass is 327 g/mol. The number of nitrogens with zero attached hydrogens (tertiary/aromatic N) is 2. The van der Waals surface area contributed by atoms with Crippen LogP contribution in [0.2, 0.25) is 5.02 Å². The fourth-order valence-corrected chi connectivity index (χ4v) is 4.62. The van der Waals surface area contributed by atoms with Crippen molar-refractivity contribution in [3.63, 3.8) is 0 Å². The van der Waals surface area contributed by atoms with Gasteiger partial charge in [0.25, 0.3) is 0 Å². The second-order valence-electron chi connectivity index (χ2n) is 5.27. The summed E-state index contributed by atoms with van der Waals surface area (Å²) in [6, 6.07) is 6.02. The molecular formula is C14H18ClN3O2S. The van der Waals surface area contributed by atoms with Crippen LogP contribution in [-0.4, -0.2) is 32.4 Å². The van der Waals surface area contributed by atoms with Crippen LogP contribution in [-0.2, 0) is 10.0 Å². The quantitative estimate of drug-likeness (QED) is 0.915. The highest BCUT2D eigenvalue weighted by atomic mass is 35.5. The van der Waals surface area contributed by atoms with Gasteiger partial charge in [0, 0.05) is 13.1 Å². The smallest absolute Gasteiger partial charge is 0.243 e. The summed E-state index contributed by atoms with van der Waals surface area (Å²) in [5.41, 5.74) is 5.99. The van der Waals surface area contributed by atoms with Crippen LogP contribution in [0.5, 0.6) is 0 Å². The summed E-state index contributed by atoms with van der Waals surface area (Å²) in [5, 5.41) is 9.00. The van der Waals surface area contributed by atoms with Crippen LogP contribution in [0.25, 0.3) is 0 Å². The highest BCUT2D eigenvalue weighted by molar-refractivity contribution is 7.89. The van der Waals surface area contributed by atoms with Gasteiger partial charge in [-0.25, -0.2) is 8.42 Å². The molecule has 0 aromatic heterocycles. The number of sulfonamides is 1. The second-order valence-corrected chi connectivity index (χ2v) is 7.67. The SMILES string of the molecule is CN(C1CCCC1CN)S(=O)(=O)c1ccc(C#N)c(Cl)c1. The molecule has 0 spiro atoms. The molecule has 0 bridgehead atoms. The normalized spacial score (nSPS) is 22.4. The minimum Gasteiger partial charge on any atom is -0.330 e. The van der Waals surface area contributed by atoms with Crippen molar-refractivity contribution in [2.75, 3.05) is 13.6 Å². The van der Waals surface area contributed by atoms with Gasteiger partial charge < -0.3 is 5.73 Å². The van der Waals surface area contributed by atoms with Crippen LogP contribution < -0.4 is 5.73 Å².